The Kier molecular flexibility index (Phi) is 4.42. The number of thioether (sulfide) groups is 1. The predicted octanol–water partition coefficient (Wildman–Crippen LogP) is 1.42. The van der Waals surface area contributed by atoms with Gasteiger partial charge in [-0.05, 0) is 30.9 Å². The van der Waals surface area contributed by atoms with Crippen LogP contribution in [0.15, 0.2) is 29.2 Å². The molecule has 2 fully saturated rings. The van der Waals surface area contributed by atoms with Crippen molar-refractivity contribution in [2.75, 3.05) is 18.2 Å². The molecule has 5 nitrogen and oxygen atoms in total. The van der Waals surface area contributed by atoms with Gasteiger partial charge in [-0.25, -0.2) is 12.8 Å². The van der Waals surface area contributed by atoms with Crippen molar-refractivity contribution >= 4 is 27.7 Å². The van der Waals surface area contributed by atoms with E-state index in [0.29, 0.717) is 18.2 Å². The number of carbonyl (C=O) groups is 1. The second-order valence-corrected chi connectivity index (χ2v) is 8.39. The van der Waals surface area contributed by atoms with Crippen LogP contribution in [0.3, 0.4) is 0 Å². The van der Waals surface area contributed by atoms with Crippen molar-refractivity contribution < 1.29 is 17.6 Å². The summed E-state index contributed by atoms with van der Waals surface area (Å²) in [7, 11) is -4.01. The third kappa shape index (κ3) is 3.13. The second-order valence-electron chi connectivity index (χ2n) is 5.53. The van der Waals surface area contributed by atoms with Gasteiger partial charge in [-0.15, -0.1) is 11.8 Å². The quantitative estimate of drug-likeness (QED) is 0.877. The molecule has 1 amide bonds. The summed E-state index contributed by atoms with van der Waals surface area (Å²) >= 11 is 1.36. The molecular weight excluding hydrogens is 327 g/mol. The van der Waals surface area contributed by atoms with Gasteiger partial charge in [0.05, 0.1) is 5.88 Å². The number of sulfonamides is 1. The van der Waals surface area contributed by atoms with Gasteiger partial charge in [0.1, 0.15) is 16.8 Å². The SMILES string of the molecule is O=C(NCC1CC1)C1CSCN1S(=O)(=O)c1ccccc1F. The van der Waals surface area contributed by atoms with Gasteiger partial charge < -0.3 is 5.32 Å². The number of halogens is 1. The molecule has 1 aromatic carbocycles. The highest BCUT2D eigenvalue weighted by molar-refractivity contribution is 8.00. The van der Waals surface area contributed by atoms with Crippen LogP contribution in [0.25, 0.3) is 0 Å². The Hall–Kier alpha value is -1.12. The van der Waals surface area contributed by atoms with Crippen LogP contribution in [-0.4, -0.2) is 42.8 Å². The van der Waals surface area contributed by atoms with Crippen LogP contribution in [0.2, 0.25) is 0 Å². The number of hydrogen-bond acceptors (Lipinski definition) is 4. The number of amides is 1. The minimum Gasteiger partial charge on any atom is -0.354 e. The zero-order chi connectivity index (χ0) is 15.7. The van der Waals surface area contributed by atoms with Crippen molar-refractivity contribution in [1.82, 2.24) is 9.62 Å². The van der Waals surface area contributed by atoms with Gasteiger partial charge in [0.25, 0.3) is 0 Å². The van der Waals surface area contributed by atoms with Crippen LogP contribution < -0.4 is 5.32 Å². The fraction of sp³-hybridized carbons (Fsp3) is 0.500. The molecule has 0 spiro atoms. The lowest BCUT2D eigenvalue weighted by molar-refractivity contribution is -0.123. The molecule has 0 bridgehead atoms. The van der Waals surface area contributed by atoms with Gasteiger partial charge >= 0.3 is 0 Å². The minimum atomic E-state index is -4.01. The standard InChI is InChI=1S/C14H17FN2O3S2/c15-11-3-1-2-4-13(11)22(19,20)17-9-21-8-12(17)14(18)16-7-10-5-6-10/h1-4,10,12H,5-9H2,(H,16,18). The number of benzene rings is 1. The fourth-order valence-corrected chi connectivity index (χ4v) is 5.55. The van der Waals surface area contributed by atoms with E-state index >= 15 is 0 Å². The van der Waals surface area contributed by atoms with Crippen LogP contribution in [0.5, 0.6) is 0 Å². The van der Waals surface area contributed by atoms with Crippen molar-refractivity contribution in [2.24, 2.45) is 5.92 Å². The predicted molar refractivity (Wildman–Crippen MR) is 82.3 cm³/mol. The van der Waals surface area contributed by atoms with Gasteiger partial charge in [-0.1, -0.05) is 12.1 Å². The first-order chi connectivity index (χ1) is 10.5. The molecule has 1 aliphatic carbocycles. The summed E-state index contributed by atoms with van der Waals surface area (Å²) in [4.78, 5) is 11.8. The summed E-state index contributed by atoms with van der Waals surface area (Å²) in [6.07, 6.45) is 2.22. The second kappa shape index (κ2) is 6.17. The maximum absolute atomic E-state index is 13.8. The van der Waals surface area contributed by atoms with E-state index in [0.717, 1.165) is 23.2 Å². The molecule has 0 radical (unpaired) electrons. The molecule has 1 heterocycles. The lowest BCUT2D eigenvalue weighted by Crippen LogP contribution is -2.47. The lowest BCUT2D eigenvalue weighted by Gasteiger charge is -2.22. The van der Waals surface area contributed by atoms with E-state index in [-0.39, 0.29) is 16.7 Å². The summed E-state index contributed by atoms with van der Waals surface area (Å²) in [6, 6.07) is 4.48. The first-order valence-electron chi connectivity index (χ1n) is 7.12. The lowest BCUT2D eigenvalue weighted by atomic mass is 10.3. The maximum atomic E-state index is 13.8. The molecule has 3 rings (SSSR count). The van der Waals surface area contributed by atoms with Crippen LogP contribution in [0.1, 0.15) is 12.8 Å². The highest BCUT2D eigenvalue weighted by Crippen LogP contribution is 2.30. The first-order valence-corrected chi connectivity index (χ1v) is 9.71. The van der Waals surface area contributed by atoms with Gasteiger partial charge in [-0.3, -0.25) is 4.79 Å². The minimum absolute atomic E-state index is 0.165. The normalized spacial score (nSPS) is 22.7. The first kappa shape index (κ1) is 15.8. The summed E-state index contributed by atoms with van der Waals surface area (Å²) in [6.45, 7) is 0.591. The van der Waals surface area contributed by atoms with Crippen LogP contribution >= 0.6 is 11.8 Å². The van der Waals surface area contributed by atoms with Crippen LogP contribution in [-0.2, 0) is 14.8 Å². The van der Waals surface area contributed by atoms with Crippen molar-refractivity contribution in [2.45, 2.75) is 23.8 Å². The van der Waals surface area contributed by atoms with Gasteiger partial charge in [0, 0.05) is 12.3 Å². The van der Waals surface area contributed by atoms with Crippen LogP contribution in [0.4, 0.5) is 4.39 Å². The number of nitrogens with one attached hydrogen (secondary N) is 1. The molecule has 0 aromatic heterocycles. The highest BCUT2D eigenvalue weighted by Gasteiger charge is 2.41. The average molecular weight is 344 g/mol. The third-order valence-electron chi connectivity index (χ3n) is 3.83. The molecule has 1 atom stereocenters. The Morgan fingerprint density at radius 3 is 2.77 bits per heavy atom. The number of nitrogens with zero attached hydrogens (tertiary/aromatic N) is 1. The largest absolute Gasteiger partial charge is 0.354 e. The molecule has 8 heteroatoms. The molecule has 2 aliphatic rings. The Morgan fingerprint density at radius 1 is 1.36 bits per heavy atom. The topological polar surface area (TPSA) is 66.5 Å². The van der Waals surface area contributed by atoms with E-state index in [1.165, 1.54) is 30.0 Å². The Labute approximate surface area is 133 Å². The van der Waals surface area contributed by atoms with Crippen molar-refractivity contribution in [3.05, 3.63) is 30.1 Å². The summed E-state index contributed by atoms with van der Waals surface area (Å²) in [5.74, 6) is -0.00878. The molecule has 22 heavy (non-hydrogen) atoms. The Morgan fingerprint density at radius 2 is 2.09 bits per heavy atom. The summed E-state index contributed by atoms with van der Waals surface area (Å²) < 4.78 is 40.1. The number of rotatable bonds is 5. The molecule has 120 valence electrons. The van der Waals surface area contributed by atoms with Gasteiger partial charge in [0.2, 0.25) is 15.9 Å². The Bertz CT molecular complexity index is 676. The molecule has 1 saturated carbocycles. The average Bonchev–Trinajstić information content (AvgIpc) is 3.18. The van der Waals surface area contributed by atoms with E-state index in [1.807, 2.05) is 0 Å². The van der Waals surface area contributed by atoms with E-state index in [1.54, 1.807) is 0 Å². The molecular formula is C14H17FN2O3S2. The molecule has 1 N–H and O–H groups in total. The molecule has 1 aliphatic heterocycles. The van der Waals surface area contributed by atoms with Crippen molar-refractivity contribution in [3.8, 4) is 0 Å². The van der Waals surface area contributed by atoms with E-state index in [4.69, 9.17) is 0 Å². The summed E-state index contributed by atoms with van der Waals surface area (Å²) in [5, 5.41) is 2.80. The fourth-order valence-electron chi connectivity index (χ4n) is 2.34. The number of carbonyl (C=O) groups excluding carboxylic acids is 1. The van der Waals surface area contributed by atoms with Crippen molar-refractivity contribution in [1.29, 1.82) is 0 Å². The number of hydrogen-bond donors (Lipinski definition) is 1. The van der Waals surface area contributed by atoms with Crippen molar-refractivity contribution in [3.63, 3.8) is 0 Å². The monoisotopic (exact) mass is 344 g/mol. The maximum Gasteiger partial charge on any atom is 0.247 e. The van der Waals surface area contributed by atoms with Gasteiger partial charge in [-0.2, -0.15) is 4.31 Å². The van der Waals surface area contributed by atoms with Gasteiger partial charge in [0.15, 0.2) is 0 Å². The molecule has 1 saturated heterocycles. The van der Waals surface area contributed by atoms with Crippen LogP contribution in [0, 0.1) is 11.7 Å². The zero-order valence-electron chi connectivity index (χ0n) is 11.9. The summed E-state index contributed by atoms with van der Waals surface area (Å²) in [5.41, 5.74) is 0. The Balaban J connectivity index is 1.79. The zero-order valence-corrected chi connectivity index (χ0v) is 13.5. The molecule has 1 unspecified atom stereocenters. The van der Waals surface area contributed by atoms with E-state index in [9.17, 15) is 17.6 Å². The third-order valence-corrected chi connectivity index (χ3v) is 6.89. The molecule has 1 aromatic rings. The van der Waals surface area contributed by atoms with E-state index < -0.39 is 21.9 Å². The van der Waals surface area contributed by atoms with E-state index in [2.05, 4.69) is 5.32 Å². The smallest absolute Gasteiger partial charge is 0.247 e. The highest BCUT2D eigenvalue weighted by atomic mass is 32.2.